The molecule has 1 atom stereocenters. The number of nitrogens with one attached hydrogen (secondary N) is 1. The highest BCUT2D eigenvalue weighted by Gasteiger charge is 2.31. The Labute approximate surface area is 137 Å². The van der Waals surface area contributed by atoms with Crippen LogP contribution >= 0.6 is 11.3 Å². The summed E-state index contributed by atoms with van der Waals surface area (Å²) in [6.07, 6.45) is 7.16. The Balaban J connectivity index is 2.00. The van der Waals surface area contributed by atoms with Crippen LogP contribution in [0, 0.1) is 10.1 Å². The van der Waals surface area contributed by atoms with E-state index >= 15 is 0 Å². The van der Waals surface area contributed by atoms with E-state index in [9.17, 15) is 10.1 Å². The van der Waals surface area contributed by atoms with Gasteiger partial charge in [-0.2, -0.15) is 0 Å². The number of rotatable bonds is 5. The van der Waals surface area contributed by atoms with Gasteiger partial charge in [-0.25, -0.2) is 15.0 Å². The van der Waals surface area contributed by atoms with Crippen molar-refractivity contribution >= 4 is 33.8 Å². The molecule has 0 aliphatic carbocycles. The zero-order valence-corrected chi connectivity index (χ0v) is 13.6. The highest BCUT2D eigenvalue weighted by atomic mass is 32.1. The van der Waals surface area contributed by atoms with Crippen molar-refractivity contribution in [1.82, 2.24) is 15.0 Å². The van der Waals surface area contributed by atoms with Gasteiger partial charge in [-0.3, -0.25) is 10.1 Å². The topological polar surface area (TPSA) is 97.1 Å². The molecule has 1 aliphatic rings. The summed E-state index contributed by atoms with van der Waals surface area (Å²) in [5.74, 6) is 0.589. The van der Waals surface area contributed by atoms with Crippen molar-refractivity contribution in [3.05, 3.63) is 28.0 Å². The molecular weight excluding hydrogens is 316 g/mol. The Morgan fingerprint density at radius 1 is 1.43 bits per heavy atom. The van der Waals surface area contributed by atoms with Crippen molar-refractivity contribution in [1.29, 1.82) is 0 Å². The van der Waals surface area contributed by atoms with Gasteiger partial charge >= 0.3 is 5.69 Å². The van der Waals surface area contributed by atoms with Gasteiger partial charge in [0, 0.05) is 24.2 Å². The molecule has 0 radical (unpaired) electrons. The van der Waals surface area contributed by atoms with Crippen LogP contribution in [0.3, 0.4) is 0 Å². The summed E-state index contributed by atoms with van der Waals surface area (Å²) in [6, 6.07) is 0.282. The normalized spacial score (nSPS) is 18.0. The first-order valence-electron chi connectivity index (χ1n) is 7.63. The lowest BCUT2D eigenvalue weighted by atomic mass is 10.00. The van der Waals surface area contributed by atoms with E-state index in [-0.39, 0.29) is 17.5 Å². The molecule has 122 valence electrons. The molecule has 2 aromatic heterocycles. The average molecular weight is 334 g/mol. The predicted octanol–water partition coefficient (Wildman–Crippen LogP) is 3.35. The van der Waals surface area contributed by atoms with E-state index in [2.05, 4.69) is 32.1 Å². The summed E-state index contributed by atoms with van der Waals surface area (Å²) < 4.78 is 0. The third-order valence-corrected chi connectivity index (χ3v) is 4.70. The molecule has 1 unspecified atom stereocenters. The lowest BCUT2D eigenvalue weighted by molar-refractivity contribution is -0.383. The maximum atomic E-state index is 11.7. The molecule has 8 nitrogen and oxygen atoms in total. The summed E-state index contributed by atoms with van der Waals surface area (Å²) >= 11 is 1.37. The third-order valence-electron chi connectivity index (χ3n) is 4.01. The van der Waals surface area contributed by atoms with Crippen molar-refractivity contribution in [3.63, 3.8) is 0 Å². The fraction of sp³-hybridized carbons (Fsp3) is 0.500. The molecule has 0 amide bonds. The van der Waals surface area contributed by atoms with Gasteiger partial charge in [0.1, 0.15) is 6.33 Å². The van der Waals surface area contributed by atoms with Crippen molar-refractivity contribution < 1.29 is 4.92 Å². The van der Waals surface area contributed by atoms with Gasteiger partial charge in [0.25, 0.3) is 0 Å². The SMILES string of the molecule is CCC1CCCCN1c1ncnc(Nc2nccs2)c1[N+](=O)[O-]. The van der Waals surface area contributed by atoms with Gasteiger partial charge in [-0.15, -0.1) is 11.3 Å². The lowest BCUT2D eigenvalue weighted by Crippen LogP contribution is -2.40. The van der Waals surface area contributed by atoms with Crippen LogP contribution in [0.25, 0.3) is 0 Å². The summed E-state index contributed by atoms with van der Waals surface area (Å²) in [4.78, 5) is 25.7. The van der Waals surface area contributed by atoms with Gasteiger partial charge in [-0.05, 0) is 25.7 Å². The van der Waals surface area contributed by atoms with E-state index in [1.54, 1.807) is 11.6 Å². The van der Waals surface area contributed by atoms with Crippen LogP contribution in [-0.4, -0.2) is 32.5 Å². The van der Waals surface area contributed by atoms with Crippen LogP contribution in [0.2, 0.25) is 0 Å². The first-order valence-corrected chi connectivity index (χ1v) is 8.51. The number of nitrogens with zero attached hydrogens (tertiary/aromatic N) is 5. The Hall–Kier alpha value is -2.29. The summed E-state index contributed by atoms with van der Waals surface area (Å²) in [7, 11) is 0. The number of piperidine rings is 1. The number of nitro groups is 1. The molecule has 2 aromatic rings. The second kappa shape index (κ2) is 6.86. The molecule has 0 aromatic carbocycles. The molecule has 1 fully saturated rings. The van der Waals surface area contributed by atoms with Gasteiger partial charge in [0.05, 0.1) is 4.92 Å². The van der Waals surface area contributed by atoms with E-state index in [1.165, 1.54) is 17.7 Å². The van der Waals surface area contributed by atoms with Gasteiger partial charge in [-0.1, -0.05) is 6.92 Å². The quantitative estimate of drug-likeness (QED) is 0.661. The fourth-order valence-corrected chi connectivity index (χ4v) is 3.46. The minimum atomic E-state index is -0.410. The Morgan fingerprint density at radius 2 is 2.30 bits per heavy atom. The van der Waals surface area contributed by atoms with E-state index < -0.39 is 4.92 Å². The Morgan fingerprint density at radius 3 is 3.00 bits per heavy atom. The van der Waals surface area contributed by atoms with Crippen LogP contribution in [-0.2, 0) is 0 Å². The highest BCUT2D eigenvalue weighted by molar-refractivity contribution is 7.13. The minimum absolute atomic E-state index is 0.0805. The Kier molecular flexibility index (Phi) is 4.65. The molecule has 23 heavy (non-hydrogen) atoms. The highest BCUT2D eigenvalue weighted by Crippen LogP contribution is 2.37. The van der Waals surface area contributed by atoms with Crippen molar-refractivity contribution in [2.75, 3.05) is 16.8 Å². The molecule has 0 bridgehead atoms. The number of hydrogen-bond acceptors (Lipinski definition) is 8. The lowest BCUT2D eigenvalue weighted by Gasteiger charge is -2.35. The fourth-order valence-electron chi connectivity index (χ4n) is 2.93. The monoisotopic (exact) mass is 334 g/mol. The molecule has 1 aliphatic heterocycles. The Bertz CT molecular complexity index is 678. The van der Waals surface area contributed by atoms with Gasteiger partial charge in [0.15, 0.2) is 5.13 Å². The van der Waals surface area contributed by atoms with E-state index in [0.717, 1.165) is 32.2 Å². The minimum Gasteiger partial charge on any atom is -0.348 e. The molecule has 3 rings (SSSR count). The molecule has 0 spiro atoms. The number of anilines is 3. The van der Waals surface area contributed by atoms with Gasteiger partial charge < -0.3 is 10.2 Å². The second-order valence-electron chi connectivity index (χ2n) is 5.37. The summed E-state index contributed by atoms with van der Waals surface area (Å²) in [5.41, 5.74) is -0.0805. The van der Waals surface area contributed by atoms with E-state index in [0.29, 0.717) is 10.9 Å². The number of hydrogen-bond donors (Lipinski definition) is 1. The predicted molar refractivity (Wildman–Crippen MR) is 89.4 cm³/mol. The smallest absolute Gasteiger partial charge is 0.348 e. The van der Waals surface area contributed by atoms with E-state index in [1.807, 2.05) is 0 Å². The number of aromatic nitrogens is 3. The largest absolute Gasteiger partial charge is 0.353 e. The summed E-state index contributed by atoms with van der Waals surface area (Å²) in [5, 5.41) is 17.0. The second-order valence-corrected chi connectivity index (χ2v) is 6.26. The zero-order valence-electron chi connectivity index (χ0n) is 12.8. The third kappa shape index (κ3) is 3.24. The van der Waals surface area contributed by atoms with Crippen LogP contribution < -0.4 is 10.2 Å². The molecular formula is C14H18N6O2S. The molecule has 9 heteroatoms. The molecule has 3 heterocycles. The standard InChI is InChI=1S/C14H18N6O2S/c1-2-10-5-3-4-7-19(10)13-11(20(21)22)12(16-9-17-13)18-14-15-6-8-23-14/h6,8-10H,2-5,7H2,1H3,(H,15,16,17,18). The van der Waals surface area contributed by atoms with Crippen molar-refractivity contribution in [2.45, 2.75) is 38.6 Å². The molecule has 1 saturated heterocycles. The van der Waals surface area contributed by atoms with Crippen molar-refractivity contribution in [2.24, 2.45) is 0 Å². The van der Waals surface area contributed by atoms with Crippen LogP contribution in [0.5, 0.6) is 0 Å². The van der Waals surface area contributed by atoms with E-state index in [4.69, 9.17) is 0 Å². The van der Waals surface area contributed by atoms with Crippen LogP contribution in [0.15, 0.2) is 17.9 Å². The zero-order chi connectivity index (χ0) is 16.2. The van der Waals surface area contributed by atoms with Crippen LogP contribution in [0.1, 0.15) is 32.6 Å². The first kappa shape index (κ1) is 15.6. The maximum absolute atomic E-state index is 11.7. The van der Waals surface area contributed by atoms with Crippen LogP contribution in [0.4, 0.5) is 22.5 Å². The van der Waals surface area contributed by atoms with Gasteiger partial charge in [0.2, 0.25) is 11.6 Å². The molecule has 1 N–H and O–H groups in total. The summed E-state index contributed by atoms with van der Waals surface area (Å²) in [6.45, 7) is 2.89. The maximum Gasteiger partial charge on any atom is 0.353 e. The molecule has 0 saturated carbocycles. The first-order chi connectivity index (χ1) is 11.2. The van der Waals surface area contributed by atoms with Crippen molar-refractivity contribution in [3.8, 4) is 0 Å². The number of thiazole rings is 1. The average Bonchev–Trinajstić information content (AvgIpc) is 3.07.